The number of rotatable bonds is 3. The number of anilines is 1. The summed E-state index contributed by atoms with van der Waals surface area (Å²) in [6.45, 7) is 3.36. The minimum Gasteiger partial charge on any atom is -0.392 e. The number of carbonyl (C=O) groups is 1. The summed E-state index contributed by atoms with van der Waals surface area (Å²) in [5, 5.41) is 2.94. The number of aryl methyl sites for hydroxylation is 1. The maximum Gasteiger partial charge on any atom is 0.321 e. The van der Waals surface area contributed by atoms with Crippen molar-refractivity contribution in [3.05, 3.63) is 29.8 Å². The molecule has 2 rings (SSSR count). The zero-order valence-electron chi connectivity index (χ0n) is 12.4. The van der Waals surface area contributed by atoms with Crippen molar-refractivity contribution in [3.63, 3.8) is 0 Å². The lowest BCUT2D eigenvalue weighted by atomic mass is 9.96. The number of thioether (sulfide) groups is 1. The maximum absolute atomic E-state index is 12.3. The first-order valence-electron chi connectivity index (χ1n) is 6.94. The maximum atomic E-state index is 12.3. The molecule has 0 spiro atoms. The summed E-state index contributed by atoms with van der Waals surface area (Å²) < 4.78 is -0.157. The summed E-state index contributed by atoms with van der Waals surface area (Å²) in [5.41, 5.74) is 7.82. The Balaban J connectivity index is 1.96. The molecule has 1 aromatic carbocycles. The third kappa shape index (κ3) is 3.68. The molecular weight excluding hydrogens is 302 g/mol. The van der Waals surface area contributed by atoms with E-state index in [1.54, 1.807) is 11.8 Å². The van der Waals surface area contributed by atoms with E-state index in [1.807, 2.05) is 42.3 Å². The molecule has 1 aliphatic rings. The average molecular weight is 323 g/mol. The van der Waals surface area contributed by atoms with Crippen LogP contribution >= 0.6 is 24.0 Å². The van der Waals surface area contributed by atoms with Crippen LogP contribution < -0.4 is 11.1 Å². The van der Waals surface area contributed by atoms with Gasteiger partial charge in [-0.05, 0) is 43.7 Å². The number of nitrogens with one attached hydrogen (secondary N) is 1. The smallest absolute Gasteiger partial charge is 0.321 e. The minimum atomic E-state index is -0.157. The molecule has 0 aliphatic carbocycles. The molecule has 0 atom stereocenters. The molecule has 0 bridgehead atoms. The van der Waals surface area contributed by atoms with E-state index in [2.05, 4.69) is 5.32 Å². The summed E-state index contributed by atoms with van der Waals surface area (Å²) in [5.74, 6) is 0. The highest BCUT2D eigenvalue weighted by Crippen LogP contribution is 2.35. The van der Waals surface area contributed by atoms with Gasteiger partial charge in [0.05, 0.1) is 9.74 Å². The van der Waals surface area contributed by atoms with Gasteiger partial charge in [0, 0.05) is 18.8 Å². The van der Waals surface area contributed by atoms with Crippen LogP contribution in [-0.4, -0.2) is 40.0 Å². The predicted molar refractivity (Wildman–Crippen MR) is 94.0 cm³/mol. The number of carbonyl (C=O) groups excluding carboxylic acids is 1. The van der Waals surface area contributed by atoms with Gasteiger partial charge < -0.3 is 16.0 Å². The average Bonchev–Trinajstić information content (AvgIpc) is 2.47. The number of benzene rings is 1. The molecule has 1 aliphatic heterocycles. The van der Waals surface area contributed by atoms with Crippen LogP contribution in [0.4, 0.5) is 10.5 Å². The Morgan fingerprint density at radius 3 is 2.62 bits per heavy atom. The van der Waals surface area contributed by atoms with Crippen molar-refractivity contribution < 1.29 is 4.79 Å². The molecule has 6 heteroatoms. The molecular formula is C15H21N3OS2. The molecule has 4 nitrogen and oxygen atoms in total. The highest BCUT2D eigenvalue weighted by Gasteiger charge is 2.37. The van der Waals surface area contributed by atoms with Crippen molar-refractivity contribution in [2.24, 2.45) is 5.73 Å². The number of nitrogens with two attached hydrogens (primary N) is 1. The number of piperidine rings is 1. The third-order valence-corrected chi connectivity index (χ3v) is 5.90. The molecule has 1 saturated heterocycles. The van der Waals surface area contributed by atoms with E-state index >= 15 is 0 Å². The number of urea groups is 1. The van der Waals surface area contributed by atoms with Gasteiger partial charge in [0.15, 0.2) is 0 Å². The Morgan fingerprint density at radius 1 is 1.43 bits per heavy atom. The van der Waals surface area contributed by atoms with Crippen LogP contribution in [-0.2, 0) is 0 Å². The van der Waals surface area contributed by atoms with Crippen molar-refractivity contribution in [3.8, 4) is 0 Å². The zero-order chi connectivity index (χ0) is 15.5. The lowest BCUT2D eigenvalue weighted by molar-refractivity contribution is 0.197. The lowest BCUT2D eigenvalue weighted by Gasteiger charge is -2.39. The quantitative estimate of drug-likeness (QED) is 0.840. The number of thiocarbonyl (C=S) groups is 1. The molecule has 1 aromatic rings. The van der Waals surface area contributed by atoms with Gasteiger partial charge >= 0.3 is 6.03 Å². The Kier molecular flexibility index (Phi) is 5.11. The summed E-state index contributed by atoms with van der Waals surface area (Å²) in [6.07, 6.45) is 3.65. The van der Waals surface area contributed by atoms with Crippen molar-refractivity contribution in [1.82, 2.24) is 4.90 Å². The predicted octanol–water partition coefficient (Wildman–Crippen LogP) is 3.01. The summed E-state index contributed by atoms with van der Waals surface area (Å²) in [6, 6.07) is 7.75. The van der Waals surface area contributed by atoms with Crippen molar-refractivity contribution in [1.29, 1.82) is 0 Å². The second kappa shape index (κ2) is 6.66. The van der Waals surface area contributed by atoms with E-state index < -0.39 is 0 Å². The standard InChI is InChI=1S/C15H21N3OS2/c1-11-4-3-5-12(10-11)17-14(19)18-8-6-15(21-2,7-9-18)13(16)20/h3-5,10H,6-9H2,1-2H3,(H2,16,20)(H,17,19). The zero-order valence-corrected chi connectivity index (χ0v) is 14.0. The molecule has 0 unspecified atom stereocenters. The van der Waals surface area contributed by atoms with Crippen molar-refractivity contribution in [2.75, 3.05) is 24.7 Å². The molecule has 0 aromatic heterocycles. The van der Waals surface area contributed by atoms with Gasteiger partial charge in [-0.2, -0.15) is 11.8 Å². The van der Waals surface area contributed by atoms with E-state index in [9.17, 15) is 4.79 Å². The normalized spacial score (nSPS) is 17.3. The van der Waals surface area contributed by atoms with Gasteiger partial charge in [0.25, 0.3) is 0 Å². The van der Waals surface area contributed by atoms with Crippen LogP contribution in [0.5, 0.6) is 0 Å². The first kappa shape index (κ1) is 16.1. The Bertz CT molecular complexity index is 539. The van der Waals surface area contributed by atoms with Crippen LogP contribution in [0.25, 0.3) is 0 Å². The van der Waals surface area contributed by atoms with E-state index in [4.69, 9.17) is 18.0 Å². The molecule has 0 saturated carbocycles. The van der Waals surface area contributed by atoms with Gasteiger partial charge in [-0.25, -0.2) is 4.79 Å². The van der Waals surface area contributed by atoms with E-state index in [1.165, 1.54) is 0 Å². The molecule has 114 valence electrons. The summed E-state index contributed by atoms with van der Waals surface area (Å²) in [7, 11) is 0. The summed E-state index contributed by atoms with van der Waals surface area (Å²) in [4.78, 5) is 14.7. The van der Waals surface area contributed by atoms with E-state index in [0.717, 1.165) is 24.1 Å². The first-order valence-corrected chi connectivity index (χ1v) is 8.58. The molecule has 0 radical (unpaired) electrons. The first-order chi connectivity index (χ1) is 9.97. The van der Waals surface area contributed by atoms with E-state index in [0.29, 0.717) is 18.1 Å². The minimum absolute atomic E-state index is 0.0572. The lowest BCUT2D eigenvalue weighted by Crippen LogP contribution is -2.51. The largest absolute Gasteiger partial charge is 0.392 e. The van der Waals surface area contributed by atoms with Crippen LogP contribution in [0.15, 0.2) is 24.3 Å². The van der Waals surface area contributed by atoms with Crippen molar-refractivity contribution >= 4 is 40.7 Å². The molecule has 1 heterocycles. The number of hydrogen-bond acceptors (Lipinski definition) is 3. The fraction of sp³-hybridized carbons (Fsp3) is 0.467. The second-order valence-electron chi connectivity index (χ2n) is 5.35. The SMILES string of the molecule is CSC1(C(N)=S)CCN(C(=O)Nc2cccc(C)c2)CC1. The van der Waals surface area contributed by atoms with Crippen LogP contribution in [0, 0.1) is 6.92 Å². The van der Waals surface area contributed by atoms with Gasteiger partial charge in [0.1, 0.15) is 0 Å². The Morgan fingerprint density at radius 2 is 2.10 bits per heavy atom. The number of amides is 2. The Hall–Kier alpha value is -1.27. The highest BCUT2D eigenvalue weighted by atomic mass is 32.2. The van der Waals surface area contributed by atoms with Gasteiger partial charge in [-0.15, -0.1) is 0 Å². The van der Waals surface area contributed by atoms with Gasteiger partial charge in [0.2, 0.25) is 0 Å². The van der Waals surface area contributed by atoms with E-state index in [-0.39, 0.29) is 10.8 Å². The summed E-state index contributed by atoms with van der Waals surface area (Å²) >= 11 is 6.88. The van der Waals surface area contributed by atoms with Gasteiger partial charge in [-0.3, -0.25) is 0 Å². The Labute approximate surface area is 135 Å². The van der Waals surface area contributed by atoms with Crippen LogP contribution in [0.2, 0.25) is 0 Å². The number of likely N-dealkylation sites (tertiary alicyclic amines) is 1. The second-order valence-corrected chi connectivity index (χ2v) is 6.98. The fourth-order valence-corrected chi connectivity index (χ4v) is 3.79. The molecule has 3 N–H and O–H groups in total. The topological polar surface area (TPSA) is 58.4 Å². The van der Waals surface area contributed by atoms with Crippen molar-refractivity contribution in [2.45, 2.75) is 24.5 Å². The fourth-order valence-electron chi connectivity index (χ4n) is 2.55. The number of nitrogens with zero attached hydrogens (tertiary/aromatic N) is 1. The van der Waals surface area contributed by atoms with Crippen LogP contribution in [0.1, 0.15) is 18.4 Å². The number of hydrogen-bond donors (Lipinski definition) is 2. The molecule has 21 heavy (non-hydrogen) atoms. The highest BCUT2D eigenvalue weighted by molar-refractivity contribution is 8.02. The third-order valence-electron chi connectivity index (χ3n) is 3.97. The molecule has 2 amide bonds. The van der Waals surface area contributed by atoms with Crippen LogP contribution in [0.3, 0.4) is 0 Å². The molecule has 1 fully saturated rings. The van der Waals surface area contributed by atoms with Gasteiger partial charge in [-0.1, -0.05) is 24.4 Å². The monoisotopic (exact) mass is 323 g/mol.